The van der Waals surface area contributed by atoms with Crippen LogP contribution in [-0.2, 0) is 13.0 Å². The first-order valence-electron chi connectivity index (χ1n) is 8.88. The summed E-state index contributed by atoms with van der Waals surface area (Å²) >= 11 is 1.63. The zero-order chi connectivity index (χ0) is 19.3. The molecule has 2 amide bonds. The highest BCUT2D eigenvalue weighted by atomic mass is 32.1. The molecule has 9 nitrogen and oxygen atoms in total. The lowest BCUT2D eigenvalue weighted by molar-refractivity contribution is 0.166. The molecular weight excluding hydrogens is 376 g/mol. The number of amides is 2. The summed E-state index contributed by atoms with van der Waals surface area (Å²) < 4.78 is 0. The number of thiophene rings is 1. The molecule has 0 atom stereocenters. The number of aromatic amines is 1. The maximum absolute atomic E-state index is 12.3. The Balaban J connectivity index is 1.52. The Labute approximate surface area is 164 Å². The normalized spacial score (nSPS) is 13.7. The number of carbonyl (C=O) groups is 1. The molecule has 0 radical (unpaired) electrons. The van der Waals surface area contributed by atoms with E-state index >= 15 is 0 Å². The van der Waals surface area contributed by atoms with Crippen molar-refractivity contribution in [2.75, 3.05) is 26.0 Å². The molecule has 0 spiro atoms. The smallest absolute Gasteiger partial charge is 0.319 e. The summed E-state index contributed by atoms with van der Waals surface area (Å²) in [4.78, 5) is 31.2. The third-order valence-corrected chi connectivity index (χ3v) is 5.97. The van der Waals surface area contributed by atoms with E-state index in [1.54, 1.807) is 49.1 Å². The molecule has 0 bridgehead atoms. The van der Waals surface area contributed by atoms with Crippen LogP contribution in [0.25, 0.3) is 21.3 Å². The molecule has 28 heavy (non-hydrogen) atoms. The highest BCUT2D eigenvalue weighted by molar-refractivity contribution is 7.19. The highest BCUT2D eigenvalue weighted by Crippen LogP contribution is 2.38. The van der Waals surface area contributed by atoms with Gasteiger partial charge < -0.3 is 15.1 Å². The quantitative estimate of drug-likeness (QED) is 0.542. The van der Waals surface area contributed by atoms with Crippen molar-refractivity contribution in [1.82, 2.24) is 34.9 Å². The molecule has 0 aromatic carbocycles. The van der Waals surface area contributed by atoms with Crippen LogP contribution in [0.4, 0.5) is 16.3 Å². The van der Waals surface area contributed by atoms with E-state index in [1.165, 1.54) is 10.4 Å². The summed E-state index contributed by atoms with van der Waals surface area (Å²) in [5, 5.41) is 12.2. The van der Waals surface area contributed by atoms with Crippen molar-refractivity contribution in [3.8, 4) is 0 Å². The Kier molecular flexibility index (Phi) is 3.86. The third-order valence-electron chi connectivity index (χ3n) is 4.84. The fraction of sp³-hybridized carbons (Fsp3) is 0.278. The monoisotopic (exact) mass is 394 g/mol. The molecule has 0 saturated carbocycles. The third kappa shape index (κ3) is 2.73. The number of hydrogen-bond donors (Lipinski definition) is 2. The zero-order valence-corrected chi connectivity index (χ0v) is 16.2. The minimum Gasteiger partial charge on any atom is -0.338 e. The molecule has 0 fully saturated rings. The van der Waals surface area contributed by atoms with Crippen molar-refractivity contribution < 1.29 is 4.79 Å². The first kappa shape index (κ1) is 16.9. The number of urea groups is 1. The Hall–Kier alpha value is -3.27. The molecule has 1 aliphatic rings. The predicted molar refractivity (Wildman–Crippen MR) is 108 cm³/mol. The number of H-pyrrole nitrogens is 1. The largest absolute Gasteiger partial charge is 0.338 e. The van der Waals surface area contributed by atoms with Crippen LogP contribution < -0.4 is 5.32 Å². The lowest BCUT2D eigenvalue weighted by Gasteiger charge is -2.29. The van der Waals surface area contributed by atoms with E-state index in [0.717, 1.165) is 39.2 Å². The molecular formula is C18H18N8OS. The van der Waals surface area contributed by atoms with Gasteiger partial charge in [-0.3, -0.25) is 5.10 Å². The van der Waals surface area contributed by atoms with E-state index in [-0.39, 0.29) is 6.03 Å². The second-order valence-electron chi connectivity index (χ2n) is 6.91. The molecule has 5 rings (SSSR count). The predicted octanol–water partition coefficient (Wildman–Crippen LogP) is 2.75. The number of nitrogens with zero attached hydrogens (tertiary/aromatic N) is 6. The molecule has 0 saturated heterocycles. The summed E-state index contributed by atoms with van der Waals surface area (Å²) in [6, 6.07) is 2.02. The van der Waals surface area contributed by atoms with Crippen molar-refractivity contribution in [2.45, 2.75) is 13.0 Å². The van der Waals surface area contributed by atoms with Gasteiger partial charge in [-0.15, -0.1) is 11.3 Å². The van der Waals surface area contributed by atoms with Crippen LogP contribution in [0, 0.1) is 0 Å². The van der Waals surface area contributed by atoms with Gasteiger partial charge in [-0.05, 0) is 18.1 Å². The first-order chi connectivity index (χ1) is 13.6. The second-order valence-corrected chi connectivity index (χ2v) is 8.00. The average molecular weight is 394 g/mol. The number of nitrogens with one attached hydrogen (secondary N) is 2. The molecule has 2 N–H and O–H groups in total. The van der Waals surface area contributed by atoms with E-state index in [9.17, 15) is 4.79 Å². The molecule has 4 aromatic heterocycles. The van der Waals surface area contributed by atoms with Crippen LogP contribution >= 0.6 is 11.3 Å². The van der Waals surface area contributed by atoms with E-state index in [1.807, 2.05) is 11.0 Å². The van der Waals surface area contributed by atoms with Crippen LogP contribution in [0.5, 0.6) is 0 Å². The van der Waals surface area contributed by atoms with Crippen molar-refractivity contribution in [1.29, 1.82) is 0 Å². The Morgan fingerprint density at radius 3 is 3.04 bits per heavy atom. The zero-order valence-electron chi connectivity index (χ0n) is 15.4. The first-order valence-corrected chi connectivity index (χ1v) is 9.69. The van der Waals surface area contributed by atoms with Crippen LogP contribution in [0.15, 0.2) is 24.8 Å². The lowest BCUT2D eigenvalue weighted by Crippen LogP contribution is -2.41. The van der Waals surface area contributed by atoms with Gasteiger partial charge in [0.05, 0.1) is 30.0 Å². The Morgan fingerprint density at radius 1 is 1.29 bits per heavy atom. The minimum atomic E-state index is 0.0343. The van der Waals surface area contributed by atoms with Crippen molar-refractivity contribution >= 4 is 50.1 Å². The molecule has 0 aliphatic carbocycles. The van der Waals surface area contributed by atoms with Crippen molar-refractivity contribution in [2.24, 2.45) is 0 Å². The van der Waals surface area contributed by atoms with Gasteiger partial charge in [0.25, 0.3) is 0 Å². The van der Waals surface area contributed by atoms with Crippen LogP contribution in [0.1, 0.15) is 10.4 Å². The van der Waals surface area contributed by atoms with Crippen molar-refractivity contribution in [3.05, 3.63) is 35.2 Å². The van der Waals surface area contributed by atoms with Gasteiger partial charge >= 0.3 is 6.03 Å². The Morgan fingerprint density at radius 2 is 2.18 bits per heavy atom. The number of pyridine rings is 1. The summed E-state index contributed by atoms with van der Waals surface area (Å²) in [5.41, 5.74) is 2.81. The van der Waals surface area contributed by atoms with E-state index in [0.29, 0.717) is 13.1 Å². The van der Waals surface area contributed by atoms with Gasteiger partial charge in [0.1, 0.15) is 17.0 Å². The number of anilines is 2. The number of hydrogen-bond acceptors (Lipinski definition) is 7. The SMILES string of the molecule is CN(C)C(=O)N1CCc2c(sc3ncnc(Nc4cnc5[nH]ncc5c4)c23)C1. The fourth-order valence-electron chi connectivity index (χ4n) is 3.51. The maximum Gasteiger partial charge on any atom is 0.319 e. The summed E-state index contributed by atoms with van der Waals surface area (Å²) in [6.45, 7) is 1.29. The van der Waals surface area contributed by atoms with Gasteiger partial charge in [-0.25, -0.2) is 19.7 Å². The summed E-state index contributed by atoms with van der Waals surface area (Å²) in [6.07, 6.45) is 5.85. The molecule has 5 heterocycles. The van der Waals surface area contributed by atoms with Crippen LogP contribution in [-0.4, -0.2) is 61.6 Å². The fourth-order valence-corrected chi connectivity index (χ4v) is 4.71. The minimum absolute atomic E-state index is 0.0343. The van der Waals surface area contributed by atoms with Gasteiger partial charge in [0.2, 0.25) is 0 Å². The number of aromatic nitrogens is 5. The maximum atomic E-state index is 12.3. The van der Waals surface area contributed by atoms with E-state index in [4.69, 9.17) is 0 Å². The van der Waals surface area contributed by atoms with Gasteiger partial charge in [-0.1, -0.05) is 0 Å². The van der Waals surface area contributed by atoms with E-state index < -0.39 is 0 Å². The number of fused-ring (bicyclic) bond motifs is 4. The summed E-state index contributed by atoms with van der Waals surface area (Å²) in [5.74, 6) is 0.763. The van der Waals surface area contributed by atoms with Crippen LogP contribution in [0.3, 0.4) is 0 Å². The van der Waals surface area contributed by atoms with E-state index in [2.05, 4.69) is 30.5 Å². The second kappa shape index (κ2) is 6.41. The Bertz CT molecular complexity index is 1200. The van der Waals surface area contributed by atoms with Gasteiger partial charge in [0, 0.05) is 30.9 Å². The van der Waals surface area contributed by atoms with Gasteiger partial charge in [-0.2, -0.15) is 5.10 Å². The molecule has 4 aromatic rings. The number of rotatable bonds is 2. The molecule has 0 unspecified atom stereocenters. The summed E-state index contributed by atoms with van der Waals surface area (Å²) in [7, 11) is 3.56. The molecule has 142 valence electrons. The van der Waals surface area contributed by atoms with Gasteiger partial charge in [0.15, 0.2) is 5.65 Å². The molecule has 10 heteroatoms. The standard InChI is InChI=1S/C18H18N8OS/c1-25(2)18(27)26-4-3-12-13(8-26)28-17-14(12)16(20-9-21-17)23-11-5-10-6-22-24-15(10)19-7-11/h5-7,9H,3-4,8H2,1-2H3,(H,19,22,24)(H,20,21,23). The average Bonchev–Trinajstić information content (AvgIpc) is 3.30. The molecule has 1 aliphatic heterocycles. The van der Waals surface area contributed by atoms with Crippen LogP contribution in [0.2, 0.25) is 0 Å². The van der Waals surface area contributed by atoms with Crippen molar-refractivity contribution in [3.63, 3.8) is 0 Å². The highest BCUT2D eigenvalue weighted by Gasteiger charge is 2.27. The number of carbonyl (C=O) groups excluding carboxylic acids is 1. The lowest BCUT2D eigenvalue weighted by atomic mass is 10.1. The topological polar surface area (TPSA) is 103 Å².